The van der Waals surface area contributed by atoms with Crippen molar-refractivity contribution in [3.05, 3.63) is 23.7 Å². The lowest BCUT2D eigenvalue weighted by molar-refractivity contribution is 0.0518. The van der Waals surface area contributed by atoms with E-state index >= 15 is 0 Å². The van der Waals surface area contributed by atoms with Crippen molar-refractivity contribution in [2.24, 2.45) is 0 Å². The van der Waals surface area contributed by atoms with E-state index in [1.807, 2.05) is 16.9 Å². The van der Waals surface area contributed by atoms with Gasteiger partial charge >= 0.3 is 5.97 Å². The van der Waals surface area contributed by atoms with Gasteiger partial charge in [-0.15, -0.1) is 5.10 Å². The number of hydrogen-bond acceptors (Lipinski definition) is 5. The maximum absolute atomic E-state index is 11.7. The number of carbonyl (C=O) groups excluding carboxylic acids is 1. The predicted molar refractivity (Wildman–Crippen MR) is 68.1 cm³/mol. The standard InChI is InChI=1S/C12H17N5O2/c1-4-7-16-8-6-10(14-16)17-9(3)11(13-15-17)12(18)19-5-2/h6,8H,4-5,7H2,1-3H3. The van der Waals surface area contributed by atoms with E-state index in [1.165, 1.54) is 0 Å². The minimum atomic E-state index is -0.459. The maximum atomic E-state index is 11.7. The molecular formula is C12H17N5O2. The summed E-state index contributed by atoms with van der Waals surface area (Å²) < 4.78 is 8.30. The maximum Gasteiger partial charge on any atom is 0.360 e. The van der Waals surface area contributed by atoms with E-state index in [0.717, 1.165) is 13.0 Å². The van der Waals surface area contributed by atoms with Gasteiger partial charge in [-0.05, 0) is 20.3 Å². The Morgan fingerprint density at radius 3 is 2.89 bits per heavy atom. The van der Waals surface area contributed by atoms with Gasteiger partial charge in [-0.25, -0.2) is 4.79 Å². The molecule has 2 aromatic rings. The van der Waals surface area contributed by atoms with Crippen LogP contribution in [0.4, 0.5) is 0 Å². The second kappa shape index (κ2) is 5.64. The predicted octanol–water partition coefficient (Wildman–Crippen LogP) is 1.36. The second-order valence-electron chi connectivity index (χ2n) is 4.09. The van der Waals surface area contributed by atoms with E-state index in [9.17, 15) is 4.79 Å². The van der Waals surface area contributed by atoms with Crippen molar-refractivity contribution in [2.45, 2.75) is 33.7 Å². The third-order valence-corrected chi connectivity index (χ3v) is 2.66. The van der Waals surface area contributed by atoms with Crippen LogP contribution in [0.1, 0.15) is 36.5 Å². The molecule has 2 rings (SSSR count). The van der Waals surface area contributed by atoms with Gasteiger partial charge in [-0.1, -0.05) is 12.1 Å². The molecule has 0 radical (unpaired) electrons. The van der Waals surface area contributed by atoms with E-state index in [4.69, 9.17) is 4.74 Å². The third kappa shape index (κ3) is 2.64. The van der Waals surface area contributed by atoms with Crippen molar-refractivity contribution in [3.63, 3.8) is 0 Å². The molecule has 0 fully saturated rings. The Balaban J connectivity index is 2.27. The average molecular weight is 263 g/mol. The molecule has 0 N–H and O–H groups in total. The first-order valence-corrected chi connectivity index (χ1v) is 6.30. The van der Waals surface area contributed by atoms with Gasteiger partial charge in [0.2, 0.25) is 0 Å². The molecule has 0 saturated heterocycles. The average Bonchev–Trinajstić information content (AvgIpc) is 2.96. The molecule has 0 aliphatic carbocycles. The first-order chi connectivity index (χ1) is 9.17. The zero-order valence-electron chi connectivity index (χ0n) is 11.3. The SMILES string of the molecule is CCCn1ccc(-n2nnc(C(=O)OCC)c2C)n1. The number of carbonyl (C=O) groups is 1. The number of hydrogen-bond donors (Lipinski definition) is 0. The highest BCUT2D eigenvalue weighted by molar-refractivity contribution is 5.88. The molecule has 2 heterocycles. The molecule has 0 aliphatic rings. The minimum Gasteiger partial charge on any atom is -0.461 e. The normalized spacial score (nSPS) is 10.7. The summed E-state index contributed by atoms with van der Waals surface area (Å²) >= 11 is 0. The number of ether oxygens (including phenoxy) is 1. The molecule has 0 aromatic carbocycles. The Morgan fingerprint density at radius 1 is 1.42 bits per heavy atom. The number of aromatic nitrogens is 5. The van der Waals surface area contributed by atoms with Crippen molar-refractivity contribution in [2.75, 3.05) is 6.61 Å². The third-order valence-electron chi connectivity index (χ3n) is 2.66. The van der Waals surface area contributed by atoms with Gasteiger partial charge in [-0.3, -0.25) is 4.68 Å². The molecule has 102 valence electrons. The summed E-state index contributed by atoms with van der Waals surface area (Å²) in [6, 6.07) is 1.84. The number of nitrogens with zero attached hydrogens (tertiary/aromatic N) is 5. The number of esters is 1. The highest BCUT2D eigenvalue weighted by atomic mass is 16.5. The smallest absolute Gasteiger partial charge is 0.360 e. The Kier molecular flexibility index (Phi) is 3.94. The van der Waals surface area contributed by atoms with Crippen LogP contribution in [0.25, 0.3) is 5.82 Å². The zero-order chi connectivity index (χ0) is 13.8. The molecular weight excluding hydrogens is 246 g/mol. The molecule has 7 heteroatoms. The molecule has 0 atom stereocenters. The van der Waals surface area contributed by atoms with Gasteiger partial charge in [0.25, 0.3) is 0 Å². The Morgan fingerprint density at radius 2 is 2.21 bits per heavy atom. The fourth-order valence-corrected chi connectivity index (χ4v) is 1.75. The second-order valence-corrected chi connectivity index (χ2v) is 4.09. The van der Waals surface area contributed by atoms with Crippen molar-refractivity contribution in [1.82, 2.24) is 24.8 Å². The van der Waals surface area contributed by atoms with Crippen LogP contribution in [-0.4, -0.2) is 37.4 Å². The summed E-state index contributed by atoms with van der Waals surface area (Å²) in [6.07, 6.45) is 2.88. The fourth-order valence-electron chi connectivity index (χ4n) is 1.75. The number of rotatable bonds is 5. The van der Waals surface area contributed by atoms with Crippen LogP contribution in [-0.2, 0) is 11.3 Å². The van der Waals surface area contributed by atoms with E-state index in [0.29, 0.717) is 18.1 Å². The first-order valence-electron chi connectivity index (χ1n) is 6.30. The largest absolute Gasteiger partial charge is 0.461 e. The van der Waals surface area contributed by atoms with Gasteiger partial charge in [0, 0.05) is 18.8 Å². The Hall–Kier alpha value is -2.18. The molecule has 0 amide bonds. The molecule has 7 nitrogen and oxygen atoms in total. The lowest BCUT2D eigenvalue weighted by atomic mass is 10.3. The van der Waals surface area contributed by atoms with Crippen LogP contribution in [0.3, 0.4) is 0 Å². The van der Waals surface area contributed by atoms with Crippen LogP contribution < -0.4 is 0 Å². The van der Waals surface area contributed by atoms with Crippen LogP contribution in [0.2, 0.25) is 0 Å². The van der Waals surface area contributed by atoms with Crippen molar-refractivity contribution in [3.8, 4) is 5.82 Å². The summed E-state index contributed by atoms with van der Waals surface area (Å²) in [5, 5.41) is 12.2. The van der Waals surface area contributed by atoms with E-state index in [2.05, 4.69) is 22.3 Å². The quantitative estimate of drug-likeness (QED) is 0.761. The molecule has 0 spiro atoms. The topological polar surface area (TPSA) is 74.8 Å². The van der Waals surface area contributed by atoms with Gasteiger partial charge in [-0.2, -0.15) is 9.78 Å². The summed E-state index contributed by atoms with van der Waals surface area (Å²) in [7, 11) is 0. The molecule has 0 bridgehead atoms. The van der Waals surface area contributed by atoms with Gasteiger partial charge in [0.05, 0.1) is 12.3 Å². The molecule has 0 unspecified atom stereocenters. The highest BCUT2D eigenvalue weighted by Crippen LogP contribution is 2.11. The summed E-state index contributed by atoms with van der Waals surface area (Å²) in [5.41, 5.74) is 0.854. The van der Waals surface area contributed by atoms with Crippen molar-refractivity contribution < 1.29 is 9.53 Å². The lowest BCUT2D eigenvalue weighted by Gasteiger charge is -2.00. The lowest BCUT2D eigenvalue weighted by Crippen LogP contribution is -2.08. The van der Waals surface area contributed by atoms with Crippen molar-refractivity contribution >= 4 is 5.97 Å². The van der Waals surface area contributed by atoms with Gasteiger partial charge in [0.15, 0.2) is 11.5 Å². The van der Waals surface area contributed by atoms with Crippen LogP contribution in [0, 0.1) is 6.92 Å². The van der Waals surface area contributed by atoms with Crippen molar-refractivity contribution in [1.29, 1.82) is 0 Å². The first kappa shape index (κ1) is 13.3. The Labute approximate surface area is 111 Å². The summed E-state index contributed by atoms with van der Waals surface area (Å²) in [5.74, 6) is 0.188. The van der Waals surface area contributed by atoms with Gasteiger partial charge in [0.1, 0.15) is 0 Å². The van der Waals surface area contributed by atoms with E-state index < -0.39 is 5.97 Å². The molecule has 0 saturated carbocycles. The number of aryl methyl sites for hydroxylation is 1. The summed E-state index contributed by atoms with van der Waals surface area (Å²) in [4.78, 5) is 11.7. The molecule has 19 heavy (non-hydrogen) atoms. The fraction of sp³-hybridized carbons (Fsp3) is 0.500. The highest BCUT2D eigenvalue weighted by Gasteiger charge is 2.19. The summed E-state index contributed by atoms with van der Waals surface area (Å²) in [6.45, 7) is 6.77. The van der Waals surface area contributed by atoms with Crippen LogP contribution in [0.15, 0.2) is 12.3 Å². The monoisotopic (exact) mass is 263 g/mol. The molecule has 2 aromatic heterocycles. The zero-order valence-corrected chi connectivity index (χ0v) is 11.3. The molecule has 0 aliphatic heterocycles. The van der Waals surface area contributed by atoms with E-state index in [-0.39, 0.29) is 5.69 Å². The van der Waals surface area contributed by atoms with Crippen LogP contribution >= 0.6 is 0 Å². The minimum absolute atomic E-state index is 0.229. The van der Waals surface area contributed by atoms with Crippen LogP contribution in [0.5, 0.6) is 0 Å². The van der Waals surface area contributed by atoms with E-state index in [1.54, 1.807) is 18.5 Å². The van der Waals surface area contributed by atoms with Gasteiger partial charge < -0.3 is 4.74 Å². The Bertz CT molecular complexity index is 572.